The Kier molecular flexibility index (Phi) is 5.02. The quantitative estimate of drug-likeness (QED) is 0.459. The van der Waals surface area contributed by atoms with E-state index >= 15 is 8.78 Å². The Hall–Kier alpha value is -3.65. The van der Waals surface area contributed by atoms with Gasteiger partial charge >= 0.3 is 0 Å². The highest BCUT2D eigenvalue weighted by Gasteiger charge is 2.31. The zero-order valence-corrected chi connectivity index (χ0v) is 18.9. The first kappa shape index (κ1) is 22.2. The number of aromatic nitrogens is 2. The molecule has 174 valence electrons. The zero-order valence-electron chi connectivity index (χ0n) is 18.9. The molecule has 1 aliphatic rings. The summed E-state index contributed by atoms with van der Waals surface area (Å²) in [6.07, 6.45) is 1.60. The Morgan fingerprint density at radius 3 is 2.41 bits per heavy atom. The number of halogens is 3. The van der Waals surface area contributed by atoms with Crippen LogP contribution in [-0.2, 0) is 25.7 Å². The van der Waals surface area contributed by atoms with E-state index in [9.17, 15) is 14.3 Å². The Labute approximate surface area is 194 Å². The molecular weight excluding hydrogens is 443 g/mol. The molecule has 5 nitrogen and oxygen atoms in total. The average Bonchev–Trinajstić information content (AvgIpc) is 3.30. The van der Waals surface area contributed by atoms with Crippen LogP contribution in [0.4, 0.5) is 13.2 Å². The summed E-state index contributed by atoms with van der Waals surface area (Å²) in [5.74, 6) is -2.84. The highest BCUT2D eigenvalue weighted by molar-refractivity contribution is 5.99. The molecule has 0 radical (unpaired) electrons. The summed E-state index contributed by atoms with van der Waals surface area (Å²) in [5.41, 5.74) is 1.22. The SMILES string of the molecule is Cn1ncc2c(-c3cc(F)c(CN4Cc5cccc(F)c5C4=O)c(F)c3)ccc(C(C)(C)O)c21. The zero-order chi connectivity index (χ0) is 24.4. The second-order valence-corrected chi connectivity index (χ2v) is 9.10. The van der Waals surface area contributed by atoms with Crippen molar-refractivity contribution in [2.24, 2.45) is 7.05 Å². The molecule has 1 aromatic heterocycles. The highest BCUT2D eigenvalue weighted by atomic mass is 19.1. The Bertz CT molecular complexity index is 1450. The van der Waals surface area contributed by atoms with Crippen LogP contribution < -0.4 is 0 Å². The minimum Gasteiger partial charge on any atom is -0.386 e. The molecule has 1 N–H and O–H groups in total. The minimum atomic E-state index is -1.13. The normalized spacial score (nSPS) is 13.7. The third-order valence-corrected chi connectivity index (χ3v) is 6.32. The van der Waals surface area contributed by atoms with Crippen LogP contribution in [0.1, 0.15) is 40.9 Å². The number of aliphatic hydroxyl groups is 1. The minimum absolute atomic E-state index is 0.0502. The lowest BCUT2D eigenvalue weighted by atomic mass is 9.91. The molecule has 0 aliphatic carbocycles. The van der Waals surface area contributed by atoms with Crippen LogP contribution in [0.15, 0.2) is 48.7 Å². The van der Waals surface area contributed by atoms with Crippen molar-refractivity contribution in [1.82, 2.24) is 14.7 Å². The van der Waals surface area contributed by atoms with Gasteiger partial charge in [0.2, 0.25) is 0 Å². The summed E-state index contributed by atoms with van der Waals surface area (Å²) in [4.78, 5) is 13.8. The third kappa shape index (κ3) is 3.45. The molecule has 0 fully saturated rings. The summed E-state index contributed by atoms with van der Waals surface area (Å²) >= 11 is 0. The number of carbonyl (C=O) groups excluding carboxylic acids is 1. The van der Waals surface area contributed by atoms with Gasteiger partial charge in [0, 0.05) is 30.1 Å². The van der Waals surface area contributed by atoms with Gasteiger partial charge in [-0.15, -0.1) is 0 Å². The smallest absolute Gasteiger partial charge is 0.257 e. The summed E-state index contributed by atoms with van der Waals surface area (Å²) in [7, 11) is 1.74. The van der Waals surface area contributed by atoms with E-state index in [0.717, 1.165) is 0 Å². The topological polar surface area (TPSA) is 58.4 Å². The first-order chi connectivity index (χ1) is 16.1. The lowest BCUT2D eigenvalue weighted by Gasteiger charge is -2.21. The Morgan fingerprint density at radius 2 is 1.76 bits per heavy atom. The molecule has 34 heavy (non-hydrogen) atoms. The number of hydrogen-bond donors (Lipinski definition) is 1. The number of rotatable bonds is 4. The second-order valence-electron chi connectivity index (χ2n) is 9.10. The van der Waals surface area contributed by atoms with E-state index in [2.05, 4.69) is 5.10 Å². The van der Waals surface area contributed by atoms with E-state index in [1.54, 1.807) is 50.0 Å². The number of amides is 1. The van der Waals surface area contributed by atoms with E-state index in [1.807, 2.05) is 0 Å². The van der Waals surface area contributed by atoms with E-state index in [0.29, 0.717) is 33.2 Å². The van der Waals surface area contributed by atoms with Crippen LogP contribution in [0, 0.1) is 17.5 Å². The summed E-state index contributed by atoms with van der Waals surface area (Å²) in [6.45, 7) is 3.09. The third-order valence-electron chi connectivity index (χ3n) is 6.32. The van der Waals surface area contributed by atoms with Crippen LogP contribution in [0.5, 0.6) is 0 Å². The number of nitrogens with zero attached hydrogens (tertiary/aromatic N) is 3. The summed E-state index contributed by atoms with van der Waals surface area (Å²) in [6, 6.07) is 10.2. The van der Waals surface area contributed by atoms with E-state index in [-0.39, 0.29) is 24.2 Å². The largest absolute Gasteiger partial charge is 0.386 e. The van der Waals surface area contributed by atoms with Crippen LogP contribution in [-0.4, -0.2) is 25.7 Å². The van der Waals surface area contributed by atoms with E-state index in [1.165, 1.54) is 29.2 Å². The van der Waals surface area contributed by atoms with Crippen molar-refractivity contribution in [3.05, 3.63) is 88.4 Å². The maximum atomic E-state index is 15.1. The van der Waals surface area contributed by atoms with Gasteiger partial charge in [-0.3, -0.25) is 9.48 Å². The molecule has 4 aromatic rings. The van der Waals surface area contributed by atoms with Gasteiger partial charge in [0.25, 0.3) is 5.91 Å². The molecule has 0 saturated heterocycles. The molecule has 0 bridgehead atoms. The monoisotopic (exact) mass is 465 g/mol. The first-order valence-corrected chi connectivity index (χ1v) is 10.8. The summed E-state index contributed by atoms with van der Waals surface area (Å²) in [5, 5.41) is 15.5. The number of fused-ring (bicyclic) bond motifs is 2. The van der Waals surface area contributed by atoms with Gasteiger partial charge in [-0.2, -0.15) is 5.10 Å². The lowest BCUT2D eigenvalue weighted by Crippen LogP contribution is -2.25. The summed E-state index contributed by atoms with van der Waals surface area (Å²) < 4.78 is 46.0. The molecular formula is C26H22F3N3O2. The van der Waals surface area contributed by atoms with E-state index in [4.69, 9.17) is 0 Å². The fourth-order valence-corrected chi connectivity index (χ4v) is 4.64. The van der Waals surface area contributed by atoms with Gasteiger partial charge in [-0.1, -0.05) is 24.3 Å². The van der Waals surface area contributed by atoms with Gasteiger partial charge < -0.3 is 10.0 Å². The molecule has 1 aliphatic heterocycles. The van der Waals surface area contributed by atoms with Crippen LogP contribution in [0.25, 0.3) is 22.0 Å². The number of hydrogen-bond acceptors (Lipinski definition) is 3. The molecule has 8 heteroatoms. The van der Waals surface area contributed by atoms with Crippen LogP contribution in [0.2, 0.25) is 0 Å². The van der Waals surface area contributed by atoms with Crippen LogP contribution >= 0.6 is 0 Å². The molecule has 1 amide bonds. The molecule has 3 aromatic carbocycles. The van der Waals surface area contributed by atoms with Gasteiger partial charge in [0.1, 0.15) is 17.5 Å². The van der Waals surface area contributed by atoms with Crippen molar-refractivity contribution in [1.29, 1.82) is 0 Å². The van der Waals surface area contributed by atoms with Gasteiger partial charge in [-0.05, 0) is 48.7 Å². The average molecular weight is 465 g/mol. The van der Waals surface area contributed by atoms with Crippen molar-refractivity contribution < 1.29 is 23.1 Å². The fourth-order valence-electron chi connectivity index (χ4n) is 4.64. The molecule has 2 heterocycles. The molecule has 0 saturated carbocycles. The number of benzene rings is 3. The Morgan fingerprint density at radius 1 is 1.06 bits per heavy atom. The molecule has 0 spiro atoms. The van der Waals surface area contributed by atoms with Crippen molar-refractivity contribution >= 4 is 16.8 Å². The van der Waals surface area contributed by atoms with Crippen molar-refractivity contribution in [2.45, 2.75) is 32.5 Å². The number of aryl methyl sites for hydroxylation is 1. The van der Waals surface area contributed by atoms with Crippen LogP contribution in [0.3, 0.4) is 0 Å². The second kappa shape index (κ2) is 7.70. The maximum absolute atomic E-state index is 15.1. The maximum Gasteiger partial charge on any atom is 0.257 e. The highest BCUT2D eigenvalue weighted by Crippen LogP contribution is 2.36. The lowest BCUT2D eigenvalue weighted by molar-refractivity contribution is 0.0759. The van der Waals surface area contributed by atoms with Gasteiger partial charge in [0.05, 0.1) is 29.4 Å². The fraction of sp³-hybridized carbons (Fsp3) is 0.231. The van der Waals surface area contributed by atoms with E-state index < -0.39 is 29.0 Å². The molecule has 0 unspecified atom stereocenters. The van der Waals surface area contributed by atoms with Crippen molar-refractivity contribution in [3.8, 4) is 11.1 Å². The predicted molar refractivity (Wildman–Crippen MR) is 121 cm³/mol. The first-order valence-electron chi connectivity index (χ1n) is 10.8. The van der Waals surface area contributed by atoms with Crippen molar-refractivity contribution in [3.63, 3.8) is 0 Å². The van der Waals surface area contributed by atoms with Gasteiger partial charge in [-0.25, -0.2) is 13.2 Å². The van der Waals surface area contributed by atoms with Crippen molar-refractivity contribution in [2.75, 3.05) is 0 Å². The standard InChI is InChI=1S/C26H22F3N3O2/c1-26(2,34)19-8-7-16(17-11-30-31(3)24(17)19)15-9-21(28)18(22(29)10-15)13-32-12-14-5-4-6-20(27)23(14)25(32)33/h4-11,34H,12-13H2,1-3H3. The predicted octanol–water partition coefficient (Wildman–Crippen LogP) is 5.04. The number of carbonyl (C=O) groups is 1. The Balaban J connectivity index is 1.53. The molecule has 0 atom stereocenters. The van der Waals surface area contributed by atoms with Gasteiger partial charge in [0.15, 0.2) is 0 Å². The molecule has 5 rings (SSSR count).